The van der Waals surface area contributed by atoms with E-state index in [1.165, 1.54) is 18.3 Å². The number of hydrogen-bond donors (Lipinski definition) is 0. The average Bonchev–Trinajstić information content (AvgIpc) is 2.34. The van der Waals surface area contributed by atoms with E-state index in [0.29, 0.717) is 16.1 Å². The Morgan fingerprint density at radius 1 is 1.16 bits per heavy atom. The molecule has 0 atom stereocenters. The SMILES string of the molecule is Cc1cc(S(=O)(=O)Oc2ccccn2)c(C)cc1Cl. The molecule has 19 heavy (non-hydrogen) atoms. The minimum Gasteiger partial charge on any atom is -0.358 e. The molecule has 2 aromatic rings. The second-order valence-electron chi connectivity index (χ2n) is 4.07. The summed E-state index contributed by atoms with van der Waals surface area (Å²) in [4.78, 5) is 3.93. The second kappa shape index (κ2) is 5.19. The number of benzene rings is 1. The average molecular weight is 298 g/mol. The second-order valence-corrected chi connectivity index (χ2v) is 5.99. The number of aryl methyl sites for hydroxylation is 2. The fourth-order valence-corrected chi connectivity index (χ4v) is 2.98. The van der Waals surface area contributed by atoms with Gasteiger partial charge in [-0.15, -0.1) is 0 Å². The highest BCUT2D eigenvalue weighted by Gasteiger charge is 2.20. The van der Waals surface area contributed by atoms with Gasteiger partial charge in [-0.1, -0.05) is 17.7 Å². The number of rotatable bonds is 3. The first kappa shape index (κ1) is 13.8. The first-order valence-electron chi connectivity index (χ1n) is 5.52. The molecule has 0 N–H and O–H groups in total. The molecule has 0 spiro atoms. The van der Waals surface area contributed by atoms with Crippen molar-refractivity contribution < 1.29 is 12.6 Å². The molecule has 0 saturated heterocycles. The normalized spacial score (nSPS) is 11.3. The van der Waals surface area contributed by atoms with Crippen LogP contribution >= 0.6 is 11.6 Å². The summed E-state index contributed by atoms with van der Waals surface area (Å²) in [6.45, 7) is 3.40. The van der Waals surface area contributed by atoms with Crippen LogP contribution in [0.25, 0.3) is 0 Å². The molecular formula is C13H12ClNO3S. The van der Waals surface area contributed by atoms with E-state index in [4.69, 9.17) is 15.8 Å². The molecular weight excluding hydrogens is 286 g/mol. The minimum atomic E-state index is -3.90. The van der Waals surface area contributed by atoms with Crippen molar-refractivity contribution in [2.75, 3.05) is 0 Å². The Morgan fingerprint density at radius 2 is 1.89 bits per heavy atom. The number of hydrogen-bond acceptors (Lipinski definition) is 4. The summed E-state index contributed by atoms with van der Waals surface area (Å²) in [6.07, 6.45) is 1.46. The molecule has 2 rings (SSSR count). The van der Waals surface area contributed by atoms with Crippen molar-refractivity contribution in [3.63, 3.8) is 0 Å². The van der Waals surface area contributed by atoms with Gasteiger partial charge in [0, 0.05) is 17.3 Å². The lowest BCUT2D eigenvalue weighted by atomic mass is 10.2. The Labute approximate surface area is 117 Å². The Bertz CT molecular complexity index is 699. The van der Waals surface area contributed by atoms with Crippen molar-refractivity contribution in [3.8, 4) is 5.88 Å². The van der Waals surface area contributed by atoms with Crippen LogP contribution in [0.5, 0.6) is 5.88 Å². The Balaban J connectivity index is 2.43. The summed E-state index contributed by atoms with van der Waals surface area (Å²) in [5.74, 6) is 0.0366. The van der Waals surface area contributed by atoms with Gasteiger partial charge in [0.05, 0.1) is 0 Å². The quantitative estimate of drug-likeness (QED) is 0.817. The molecule has 1 aromatic heterocycles. The predicted octanol–water partition coefficient (Wildman–Crippen LogP) is 3.12. The molecule has 0 amide bonds. The van der Waals surface area contributed by atoms with Crippen molar-refractivity contribution in [2.45, 2.75) is 18.7 Å². The summed E-state index contributed by atoms with van der Waals surface area (Å²) in [7, 11) is -3.90. The van der Waals surface area contributed by atoms with Crippen molar-refractivity contribution in [3.05, 3.63) is 52.7 Å². The molecule has 0 radical (unpaired) electrons. The van der Waals surface area contributed by atoms with Gasteiger partial charge in [-0.3, -0.25) is 0 Å². The van der Waals surface area contributed by atoms with Gasteiger partial charge >= 0.3 is 10.1 Å². The zero-order chi connectivity index (χ0) is 14.0. The smallest absolute Gasteiger partial charge is 0.340 e. The third kappa shape index (κ3) is 3.05. The zero-order valence-electron chi connectivity index (χ0n) is 10.4. The van der Waals surface area contributed by atoms with E-state index < -0.39 is 10.1 Å². The number of pyridine rings is 1. The van der Waals surface area contributed by atoms with E-state index in [1.54, 1.807) is 32.0 Å². The number of aromatic nitrogens is 1. The van der Waals surface area contributed by atoms with Crippen LogP contribution in [-0.2, 0) is 10.1 Å². The van der Waals surface area contributed by atoms with E-state index in [1.807, 2.05) is 0 Å². The maximum absolute atomic E-state index is 12.2. The molecule has 6 heteroatoms. The maximum atomic E-state index is 12.2. The van der Waals surface area contributed by atoms with Gasteiger partial charge in [-0.05, 0) is 43.2 Å². The van der Waals surface area contributed by atoms with Crippen LogP contribution in [-0.4, -0.2) is 13.4 Å². The fourth-order valence-electron chi connectivity index (χ4n) is 1.58. The van der Waals surface area contributed by atoms with Crippen LogP contribution in [0, 0.1) is 13.8 Å². The van der Waals surface area contributed by atoms with Gasteiger partial charge in [0.2, 0.25) is 5.88 Å². The first-order valence-corrected chi connectivity index (χ1v) is 7.31. The molecule has 0 aliphatic heterocycles. The predicted molar refractivity (Wildman–Crippen MR) is 73.0 cm³/mol. The molecule has 4 nitrogen and oxygen atoms in total. The molecule has 0 aliphatic rings. The summed E-state index contributed by atoms with van der Waals surface area (Å²) < 4.78 is 29.3. The lowest BCUT2D eigenvalue weighted by Gasteiger charge is -2.10. The molecule has 100 valence electrons. The maximum Gasteiger partial charge on any atom is 0.340 e. The van der Waals surface area contributed by atoms with Crippen LogP contribution in [0.4, 0.5) is 0 Å². The van der Waals surface area contributed by atoms with E-state index in [9.17, 15) is 8.42 Å². The molecule has 1 heterocycles. The van der Waals surface area contributed by atoms with Crippen molar-refractivity contribution >= 4 is 21.7 Å². The molecule has 1 aromatic carbocycles. The third-order valence-corrected chi connectivity index (χ3v) is 4.33. The van der Waals surface area contributed by atoms with Gasteiger partial charge < -0.3 is 4.18 Å². The summed E-state index contributed by atoms with van der Waals surface area (Å²) >= 11 is 5.95. The molecule has 0 saturated carbocycles. The van der Waals surface area contributed by atoms with Crippen LogP contribution in [0.1, 0.15) is 11.1 Å². The lowest BCUT2D eigenvalue weighted by Crippen LogP contribution is -2.12. The standard InChI is InChI=1S/C13H12ClNO3S/c1-9-8-12(10(2)7-11(9)14)19(16,17)18-13-5-3-4-6-15-13/h3-8H,1-2H3. The minimum absolute atomic E-state index is 0.0366. The van der Waals surface area contributed by atoms with Gasteiger partial charge in [0.25, 0.3) is 0 Å². The third-order valence-electron chi connectivity index (χ3n) is 2.56. The van der Waals surface area contributed by atoms with E-state index in [2.05, 4.69) is 4.98 Å². The number of halogens is 1. The van der Waals surface area contributed by atoms with Gasteiger partial charge in [-0.25, -0.2) is 4.98 Å². The van der Waals surface area contributed by atoms with Gasteiger partial charge in [0.15, 0.2) is 0 Å². The highest BCUT2D eigenvalue weighted by atomic mass is 35.5. The van der Waals surface area contributed by atoms with Crippen molar-refractivity contribution in [1.82, 2.24) is 4.98 Å². The van der Waals surface area contributed by atoms with Crippen LogP contribution in [0.2, 0.25) is 5.02 Å². The molecule has 0 unspecified atom stereocenters. The topological polar surface area (TPSA) is 56.3 Å². The van der Waals surface area contributed by atoms with Crippen LogP contribution < -0.4 is 4.18 Å². The van der Waals surface area contributed by atoms with E-state index in [-0.39, 0.29) is 10.8 Å². The van der Waals surface area contributed by atoms with Crippen LogP contribution in [0.3, 0.4) is 0 Å². The van der Waals surface area contributed by atoms with Crippen LogP contribution in [0.15, 0.2) is 41.4 Å². The molecule has 0 fully saturated rings. The Hall–Kier alpha value is -1.59. The zero-order valence-corrected chi connectivity index (χ0v) is 12.0. The summed E-state index contributed by atoms with van der Waals surface area (Å²) in [6, 6.07) is 7.91. The monoisotopic (exact) mass is 297 g/mol. The van der Waals surface area contributed by atoms with Crippen molar-refractivity contribution in [2.24, 2.45) is 0 Å². The highest BCUT2D eigenvalue weighted by molar-refractivity contribution is 7.87. The number of nitrogens with zero attached hydrogens (tertiary/aromatic N) is 1. The first-order chi connectivity index (χ1) is 8.90. The highest BCUT2D eigenvalue weighted by Crippen LogP contribution is 2.25. The van der Waals surface area contributed by atoms with E-state index >= 15 is 0 Å². The largest absolute Gasteiger partial charge is 0.358 e. The van der Waals surface area contributed by atoms with Gasteiger partial charge in [-0.2, -0.15) is 8.42 Å². The fraction of sp³-hybridized carbons (Fsp3) is 0.154. The van der Waals surface area contributed by atoms with Gasteiger partial charge in [0.1, 0.15) is 4.90 Å². The molecule has 0 aliphatic carbocycles. The van der Waals surface area contributed by atoms with E-state index in [0.717, 1.165) is 0 Å². The van der Waals surface area contributed by atoms with Crippen molar-refractivity contribution in [1.29, 1.82) is 0 Å². The summed E-state index contributed by atoms with van der Waals surface area (Å²) in [5.41, 5.74) is 1.21. The summed E-state index contributed by atoms with van der Waals surface area (Å²) in [5, 5.41) is 0.522. The molecule has 0 bridgehead atoms. The Kier molecular flexibility index (Phi) is 3.78. The Morgan fingerprint density at radius 3 is 2.53 bits per heavy atom. The lowest BCUT2D eigenvalue weighted by molar-refractivity contribution is 0.475.